The van der Waals surface area contributed by atoms with Crippen molar-refractivity contribution in [3.63, 3.8) is 0 Å². The molecule has 1 aromatic rings. The largest absolute Gasteiger partial charge is 0.481 e. The van der Waals surface area contributed by atoms with Crippen LogP contribution < -0.4 is 0 Å². The summed E-state index contributed by atoms with van der Waals surface area (Å²) in [6, 6.07) is 0. The highest BCUT2D eigenvalue weighted by atomic mass is 16.4. The summed E-state index contributed by atoms with van der Waals surface area (Å²) in [6.45, 7) is 4.41. The van der Waals surface area contributed by atoms with Crippen molar-refractivity contribution in [1.82, 2.24) is 14.7 Å². The maximum Gasteiger partial charge on any atom is 0.306 e. The van der Waals surface area contributed by atoms with E-state index in [2.05, 4.69) is 10.00 Å². The highest BCUT2D eigenvalue weighted by Crippen LogP contribution is 2.25. The summed E-state index contributed by atoms with van der Waals surface area (Å²) in [5.74, 6) is -0.620. The molecule has 0 spiro atoms. The molecule has 1 saturated heterocycles. The topological polar surface area (TPSA) is 58.4 Å². The summed E-state index contributed by atoms with van der Waals surface area (Å²) >= 11 is 0. The second-order valence-electron chi connectivity index (χ2n) is 4.60. The molecule has 0 bridgehead atoms. The van der Waals surface area contributed by atoms with Crippen LogP contribution in [0.3, 0.4) is 0 Å². The second kappa shape index (κ2) is 4.25. The molecule has 0 aliphatic carbocycles. The highest BCUT2D eigenvalue weighted by Gasteiger charge is 2.34. The van der Waals surface area contributed by atoms with Crippen LogP contribution in [0.1, 0.15) is 12.5 Å². The van der Waals surface area contributed by atoms with Gasteiger partial charge < -0.3 is 5.11 Å². The quantitative estimate of drug-likeness (QED) is 0.811. The molecule has 88 valence electrons. The number of aromatic nitrogens is 2. The van der Waals surface area contributed by atoms with Crippen LogP contribution in [0, 0.1) is 11.8 Å². The summed E-state index contributed by atoms with van der Waals surface area (Å²) < 4.78 is 1.78. The Balaban J connectivity index is 1.79. The fourth-order valence-corrected chi connectivity index (χ4v) is 2.07. The summed E-state index contributed by atoms with van der Waals surface area (Å²) in [5, 5.41) is 13.0. The first-order valence-electron chi connectivity index (χ1n) is 5.49. The van der Waals surface area contributed by atoms with Crippen molar-refractivity contribution >= 4 is 5.97 Å². The van der Waals surface area contributed by atoms with Crippen LogP contribution in [-0.2, 0) is 18.4 Å². The van der Waals surface area contributed by atoms with Gasteiger partial charge in [-0.1, -0.05) is 6.92 Å². The molecule has 0 amide bonds. The molecule has 0 aromatic carbocycles. The van der Waals surface area contributed by atoms with Crippen molar-refractivity contribution in [2.45, 2.75) is 13.5 Å². The van der Waals surface area contributed by atoms with E-state index in [1.807, 2.05) is 19.4 Å². The predicted molar refractivity (Wildman–Crippen MR) is 58.8 cm³/mol. The van der Waals surface area contributed by atoms with E-state index in [0.717, 1.165) is 19.6 Å². The maximum atomic E-state index is 10.8. The zero-order chi connectivity index (χ0) is 11.7. The van der Waals surface area contributed by atoms with Crippen LogP contribution in [0.5, 0.6) is 0 Å². The number of likely N-dealkylation sites (tertiary alicyclic amines) is 1. The Morgan fingerprint density at radius 2 is 2.38 bits per heavy atom. The Hall–Kier alpha value is -1.36. The van der Waals surface area contributed by atoms with E-state index in [4.69, 9.17) is 5.11 Å². The van der Waals surface area contributed by atoms with Gasteiger partial charge in [-0.2, -0.15) is 5.10 Å². The van der Waals surface area contributed by atoms with E-state index in [9.17, 15) is 4.79 Å². The van der Waals surface area contributed by atoms with E-state index >= 15 is 0 Å². The standard InChI is InChI=1S/C11H17N3O2/c1-8(11(15)16)10-6-14(7-10)5-9-3-12-13(2)4-9/h3-4,8,10H,5-7H2,1-2H3,(H,15,16). The molecule has 1 aromatic heterocycles. The number of nitrogens with zero attached hydrogens (tertiary/aromatic N) is 3. The fourth-order valence-electron chi connectivity index (χ4n) is 2.07. The van der Waals surface area contributed by atoms with Gasteiger partial charge in [0.25, 0.3) is 0 Å². The first-order chi connectivity index (χ1) is 7.56. The molecular weight excluding hydrogens is 206 g/mol. The van der Waals surface area contributed by atoms with E-state index in [1.165, 1.54) is 5.56 Å². The Bertz CT molecular complexity index is 382. The first kappa shape index (κ1) is 11.1. The van der Waals surface area contributed by atoms with Gasteiger partial charge in [-0.25, -0.2) is 0 Å². The number of hydrogen-bond donors (Lipinski definition) is 1. The molecule has 1 atom stereocenters. The van der Waals surface area contributed by atoms with Gasteiger partial charge in [0.1, 0.15) is 0 Å². The number of carbonyl (C=O) groups is 1. The smallest absolute Gasteiger partial charge is 0.306 e. The van der Waals surface area contributed by atoms with Gasteiger partial charge in [-0.3, -0.25) is 14.4 Å². The van der Waals surface area contributed by atoms with E-state index in [0.29, 0.717) is 5.92 Å². The van der Waals surface area contributed by atoms with Gasteiger partial charge in [0.05, 0.1) is 12.1 Å². The molecule has 1 fully saturated rings. The van der Waals surface area contributed by atoms with Gasteiger partial charge >= 0.3 is 5.97 Å². The van der Waals surface area contributed by atoms with E-state index < -0.39 is 5.97 Å². The lowest BCUT2D eigenvalue weighted by Crippen LogP contribution is -2.50. The fraction of sp³-hybridized carbons (Fsp3) is 0.636. The van der Waals surface area contributed by atoms with Gasteiger partial charge in [-0.15, -0.1) is 0 Å². The van der Waals surface area contributed by atoms with Crippen molar-refractivity contribution in [1.29, 1.82) is 0 Å². The van der Waals surface area contributed by atoms with Crippen molar-refractivity contribution in [3.8, 4) is 0 Å². The second-order valence-corrected chi connectivity index (χ2v) is 4.60. The number of carboxylic acid groups (broad SMARTS) is 1. The van der Waals surface area contributed by atoms with E-state index in [-0.39, 0.29) is 5.92 Å². The van der Waals surface area contributed by atoms with Crippen molar-refractivity contribution in [3.05, 3.63) is 18.0 Å². The zero-order valence-electron chi connectivity index (χ0n) is 9.63. The minimum absolute atomic E-state index is 0.231. The molecular formula is C11H17N3O2. The lowest BCUT2D eigenvalue weighted by molar-refractivity contribution is -0.145. The van der Waals surface area contributed by atoms with Crippen LogP contribution in [0.25, 0.3) is 0 Å². The monoisotopic (exact) mass is 223 g/mol. The normalized spacial score (nSPS) is 19.4. The predicted octanol–water partition coefficient (Wildman–Crippen LogP) is 0.573. The van der Waals surface area contributed by atoms with Crippen molar-refractivity contribution < 1.29 is 9.90 Å². The molecule has 0 saturated carbocycles. The minimum atomic E-state index is -0.689. The molecule has 1 aliphatic rings. The average Bonchev–Trinajstić information content (AvgIpc) is 2.56. The van der Waals surface area contributed by atoms with Gasteiger partial charge in [0.2, 0.25) is 0 Å². The third-order valence-corrected chi connectivity index (χ3v) is 3.25. The Morgan fingerprint density at radius 1 is 1.69 bits per heavy atom. The maximum absolute atomic E-state index is 10.8. The SMILES string of the molecule is CC(C(=O)O)C1CN(Cc2cnn(C)c2)C1. The van der Waals surface area contributed by atoms with Crippen LogP contribution in [0.4, 0.5) is 0 Å². The van der Waals surface area contributed by atoms with Crippen LogP contribution in [0.2, 0.25) is 0 Å². The number of carboxylic acids is 1. The number of rotatable bonds is 4. The average molecular weight is 223 g/mol. The first-order valence-corrected chi connectivity index (χ1v) is 5.49. The molecule has 5 nitrogen and oxygen atoms in total. The molecule has 2 heterocycles. The Morgan fingerprint density at radius 3 is 2.88 bits per heavy atom. The lowest BCUT2D eigenvalue weighted by atomic mass is 9.87. The number of aryl methyl sites for hydroxylation is 1. The number of aliphatic carboxylic acids is 1. The van der Waals surface area contributed by atoms with Crippen LogP contribution >= 0.6 is 0 Å². The van der Waals surface area contributed by atoms with Gasteiger partial charge in [-0.05, 0) is 5.92 Å². The molecule has 1 unspecified atom stereocenters. The Labute approximate surface area is 94.7 Å². The third kappa shape index (κ3) is 2.24. The van der Waals surface area contributed by atoms with Crippen LogP contribution in [0.15, 0.2) is 12.4 Å². The summed E-state index contributed by atoms with van der Waals surface area (Å²) in [5.41, 5.74) is 1.18. The lowest BCUT2D eigenvalue weighted by Gasteiger charge is -2.41. The summed E-state index contributed by atoms with van der Waals surface area (Å²) in [6.07, 6.45) is 3.85. The van der Waals surface area contributed by atoms with Gasteiger partial charge in [0.15, 0.2) is 0 Å². The summed E-state index contributed by atoms with van der Waals surface area (Å²) in [7, 11) is 1.90. The molecule has 5 heteroatoms. The van der Waals surface area contributed by atoms with Crippen molar-refractivity contribution in [2.24, 2.45) is 18.9 Å². The molecule has 0 radical (unpaired) electrons. The zero-order valence-corrected chi connectivity index (χ0v) is 9.63. The van der Waals surface area contributed by atoms with Gasteiger partial charge in [0, 0.05) is 38.4 Å². The Kier molecular flexibility index (Phi) is 2.96. The van der Waals surface area contributed by atoms with Crippen molar-refractivity contribution in [2.75, 3.05) is 13.1 Å². The highest BCUT2D eigenvalue weighted by molar-refractivity contribution is 5.70. The number of hydrogen-bond acceptors (Lipinski definition) is 3. The molecule has 2 rings (SSSR count). The summed E-state index contributed by atoms with van der Waals surface area (Å²) in [4.78, 5) is 13.0. The molecule has 1 aliphatic heterocycles. The van der Waals surface area contributed by atoms with E-state index in [1.54, 1.807) is 11.6 Å². The van der Waals surface area contributed by atoms with Crippen LogP contribution in [-0.4, -0.2) is 38.8 Å². The third-order valence-electron chi connectivity index (χ3n) is 3.25. The molecule has 16 heavy (non-hydrogen) atoms. The minimum Gasteiger partial charge on any atom is -0.481 e. The molecule has 1 N–H and O–H groups in total.